The van der Waals surface area contributed by atoms with Crippen LogP contribution in [0.15, 0.2) is 36.7 Å². The summed E-state index contributed by atoms with van der Waals surface area (Å²) in [4.78, 5) is 21.7. The Kier molecular flexibility index (Phi) is 6.30. The Balaban J connectivity index is 1.37. The minimum Gasteiger partial charge on any atom is -0.368 e. The average molecular weight is 455 g/mol. The van der Waals surface area contributed by atoms with Crippen molar-refractivity contribution in [2.45, 2.75) is 56.9 Å². The molecule has 0 spiro atoms. The molecule has 3 N–H and O–H groups in total. The lowest BCUT2D eigenvalue weighted by atomic mass is 9.66. The van der Waals surface area contributed by atoms with Crippen molar-refractivity contribution in [2.24, 2.45) is 5.73 Å². The van der Waals surface area contributed by atoms with Gasteiger partial charge < -0.3 is 11.1 Å². The van der Waals surface area contributed by atoms with E-state index in [0.717, 1.165) is 29.1 Å². The fourth-order valence-corrected chi connectivity index (χ4v) is 4.65. The number of nitrogens with one attached hydrogen (secondary N) is 1. The number of Topliss-reactive ketones (excluding diaryl/α,β-unsaturated/α-hetero) is 1. The zero-order chi connectivity index (χ0) is 22.8. The third-order valence-corrected chi connectivity index (χ3v) is 7.01. The monoisotopic (exact) mass is 454 g/mol. The molecule has 4 rings (SSSR count). The summed E-state index contributed by atoms with van der Waals surface area (Å²) in [5.41, 5.74) is 5.93. The summed E-state index contributed by atoms with van der Waals surface area (Å²) < 4.78 is 14.3. The Labute approximate surface area is 190 Å². The predicted molar refractivity (Wildman–Crippen MR) is 123 cm³/mol. The Morgan fingerprint density at radius 1 is 1.25 bits per heavy atom. The third-order valence-electron chi connectivity index (χ3n) is 5.93. The van der Waals surface area contributed by atoms with Gasteiger partial charge in [-0.25, -0.2) is 9.37 Å². The molecule has 0 aromatic carbocycles. The molecule has 3 aromatic rings. The molecule has 0 aliphatic heterocycles. The first-order chi connectivity index (χ1) is 15.3. The fourth-order valence-electron chi connectivity index (χ4n) is 3.78. The van der Waals surface area contributed by atoms with E-state index in [2.05, 4.69) is 25.5 Å². The number of pyridine rings is 1. The summed E-state index contributed by atoms with van der Waals surface area (Å²) in [7, 11) is 0. The number of aryl methyl sites for hydroxylation is 1. The summed E-state index contributed by atoms with van der Waals surface area (Å²) in [6, 6.07) is 6.79. The molecule has 0 unspecified atom stereocenters. The predicted octanol–water partition coefficient (Wildman–Crippen LogP) is 3.91. The van der Waals surface area contributed by atoms with Crippen molar-refractivity contribution in [3.05, 3.63) is 53.0 Å². The Hall–Kier alpha value is -2.78. The van der Waals surface area contributed by atoms with Crippen LogP contribution in [0.2, 0.25) is 0 Å². The molecule has 0 bridgehead atoms. The van der Waals surface area contributed by atoms with Crippen LogP contribution in [0.4, 0.5) is 10.2 Å². The highest BCUT2D eigenvalue weighted by molar-refractivity contribution is 7.15. The molecule has 1 fully saturated rings. The van der Waals surface area contributed by atoms with Crippen LogP contribution in [0.3, 0.4) is 0 Å². The first-order valence-corrected chi connectivity index (χ1v) is 11.5. The van der Waals surface area contributed by atoms with Crippen molar-refractivity contribution in [1.29, 1.82) is 0 Å². The zero-order valence-corrected chi connectivity index (χ0v) is 19.1. The van der Waals surface area contributed by atoms with E-state index in [1.165, 1.54) is 17.4 Å². The van der Waals surface area contributed by atoms with Gasteiger partial charge in [0.05, 0.1) is 11.2 Å². The largest absolute Gasteiger partial charge is 0.368 e. The number of hydrogen-bond acceptors (Lipinski definition) is 8. The number of carbonyl (C=O) groups excluding carboxylic acids is 1. The summed E-state index contributed by atoms with van der Waals surface area (Å²) >= 11 is 1.50. The molecule has 7 nitrogen and oxygen atoms in total. The second kappa shape index (κ2) is 8.99. The minimum absolute atomic E-state index is 0.0255. The Bertz CT molecular complexity index is 1090. The molecule has 1 saturated carbocycles. The number of halogens is 1. The van der Waals surface area contributed by atoms with Crippen LogP contribution in [0, 0.1) is 5.82 Å². The van der Waals surface area contributed by atoms with Gasteiger partial charge in [-0.15, -0.1) is 21.5 Å². The molecular weight excluding hydrogens is 427 g/mol. The lowest BCUT2D eigenvalue weighted by Gasteiger charge is -2.41. The second-order valence-corrected chi connectivity index (χ2v) is 10.0. The quantitative estimate of drug-likeness (QED) is 0.505. The van der Waals surface area contributed by atoms with Crippen molar-refractivity contribution in [3.8, 4) is 10.7 Å². The molecule has 0 atom stereocenters. The molecule has 0 saturated heterocycles. The highest BCUT2D eigenvalue weighted by Gasteiger charge is 2.41. The Morgan fingerprint density at radius 3 is 2.69 bits per heavy atom. The molecule has 168 valence electrons. The van der Waals surface area contributed by atoms with E-state index in [0.29, 0.717) is 36.6 Å². The molecule has 1 aliphatic rings. The number of thiazole rings is 1. The molecule has 3 aromatic heterocycles. The lowest BCUT2D eigenvalue weighted by molar-refractivity contribution is -0.123. The second-order valence-electron chi connectivity index (χ2n) is 8.90. The SMILES string of the molecule is CC(C)(N)C(=O)CCc1cnc(-c2ccc(NCC3(c4ncccc4F)CCC3)nn2)s1. The maximum Gasteiger partial charge on any atom is 0.152 e. The molecular formula is C23H27FN6OS. The van der Waals surface area contributed by atoms with Gasteiger partial charge >= 0.3 is 0 Å². The standard InChI is InChI=1S/C23H27FN6OS/c1-22(2,25)18(31)8-6-15-13-27-21(32-15)17-7-9-19(30-29-17)28-14-23(10-4-11-23)20-16(24)5-3-12-26-20/h3,5,7,9,12-13H,4,6,8,10-11,14,25H2,1-2H3,(H,28,30). The molecule has 0 amide bonds. The van der Waals surface area contributed by atoms with E-state index in [-0.39, 0.29) is 17.0 Å². The van der Waals surface area contributed by atoms with E-state index < -0.39 is 5.54 Å². The van der Waals surface area contributed by atoms with Gasteiger partial charge in [0, 0.05) is 35.7 Å². The third kappa shape index (κ3) is 4.83. The van der Waals surface area contributed by atoms with Crippen molar-refractivity contribution < 1.29 is 9.18 Å². The first-order valence-electron chi connectivity index (χ1n) is 10.7. The van der Waals surface area contributed by atoms with Gasteiger partial charge in [-0.3, -0.25) is 9.78 Å². The first kappa shape index (κ1) is 22.4. The van der Waals surface area contributed by atoms with Gasteiger partial charge in [0.1, 0.15) is 22.3 Å². The van der Waals surface area contributed by atoms with Crippen LogP contribution in [0.25, 0.3) is 10.7 Å². The number of hydrogen-bond donors (Lipinski definition) is 2. The number of ketones is 1. The number of rotatable bonds is 9. The van der Waals surface area contributed by atoms with Crippen molar-refractivity contribution in [3.63, 3.8) is 0 Å². The molecule has 1 aliphatic carbocycles. The van der Waals surface area contributed by atoms with E-state index in [1.54, 1.807) is 32.3 Å². The minimum atomic E-state index is -0.817. The van der Waals surface area contributed by atoms with Gasteiger partial charge in [-0.1, -0.05) is 6.42 Å². The van der Waals surface area contributed by atoms with Gasteiger partial charge in [0.15, 0.2) is 5.78 Å². The number of nitrogens with zero attached hydrogens (tertiary/aromatic N) is 4. The van der Waals surface area contributed by atoms with E-state index in [9.17, 15) is 9.18 Å². The van der Waals surface area contributed by atoms with Crippen molar-refractivity contribution in [1.82, 2.24) is 20.2 Å². The summed E-state index contributed by atoms with van der Waals surface area (Å²) in [6.45, 7) is 4.00. The normalized spacial score (nSPS) is 15.2. The molecule has 9 heteroatoms. The van der Waals surface area contributed by atoms with Crippen LogP contribution in [-0.2, 0) is 16.6 Å². The number of carbonyl (C=O) groups is 1. The summed E-state index contributed by atoms with van der Waals surface area (Å²) in [6.07, 6.45) is 7.25. The number of anilines is 1. The van der Waals surface area contributed by atoms with Crippen LogP contribution in [0.5, 0.6) is 0 Å². The van der Waals surface area contributed by atoms with Crippen molar-refractivity contribution in [2.75, 3.05) is 11.9 Å². The van der Waals surface area contributed by atoms with Gasteiger partial charge in [0.25, 0.3) is 0 Å². The summed E-state index contributed by atoms with van der Waals surface area (Å²) in [5, 5.41) is 12.6. The van der Waals surface area contributed by atoms with Crippen LogP contribution in [-0.4, -0.2) is 38.0 Å². The Morgan fingerprint density at radius 2 is 2.06 bits per heavy atom. The average Bonchev–Trinajstić information content (AvgIpc) is 3.21. The highest BCUT2D eigenvalue weighted by Crippen LogP contribution is 2.43. The van der Waals surface area contributed by atoms with Crippen LogP contribution < -0.4 is 11.1 Å². The maximum atomic E-state index is 14.3. The number of nitrogens with two attached hydrogens (primary N) is 1. The van der Waals surface area contributed by atoms with E-state index in [1.807, 2.05) is 12.1 Å². The molecule has 0 radical (unpaired) electrons. The van der Waals surface area contributed by atoms with Crippen LogP contribution >= 0.6 is 11.3 Å². The maximum absolute atomic E-state index is 14.3. The lowest BCUT2D eigenvalue weighted by Crippen LogP contribution is -2.42. The topological polar surface area (TPSA) is 107 Å². The fraction of sp³-hybridized carbons (Fsp3) is 0.435. The molecule has 3 heterocycles. The zero-order valence-electron chi connectivity index (χ0n) is 18.3. The van der Waals surface area contributed by atoms with E-state index in [4.69, 9.17) is 5.73 Å². The van der Waals surface area contributed by atoms with Crippen LogP contribution in [0.1, 0.15) is 50.1 Å². The number of aromatic nitrogens is 4. The van der Waals surface area contributed by atoms with Gasteiger partial charge in [0.2, 0.25) is 0 Å². The summed E-state index contributed by atoms with van der Waals surface area (Å²) in [5.74, 6) is 0.396. The smallest absolute Gasteiger partial charge is 0.152 e. The van der Waals surface area contributed by atoms with Crippen molar-refractivity contribution >= 4 is 22.9 Å². The molecule has 32 heavy (non-hydrogen) atoms. The van der Waals surface area contributed by atoms with E-state index >= 15 is 0 Å². The highest BCUT2D eigenvalue weighted by atomic mass is 32.1. The van der Waals surface area contributed by atoms with Gasteiger partial charge in [-0.2, -0.15) is 0 Å². The van der Waals surface area contributed by atoms with Gasteiger partial charge in [-0.05, 0) is 57.4 Å².